The van der Waals surface area contributed by atoms with Crippen molar-refractivity contribution in [3.63, 3.8) is 0 Å². The lowest BCUT2D eigenvalue weighted by molar-refractivity contribution is -0.117. The van der Waals surface area contributed by atoms with Crippen molar-refractivity contribution in [1.29, 1.82) is 0 Å². The summed E-state index contributed by atoms with van der Waals surface area (Å²) < 4.78 is 5.54. The lowest BCUT2D eigenvalue weighted by Gasteiger charge is -2.16. The van der Waals surface area contributed by atoms with Crippen LogP contribution in [0.5, 0.6) is 0 Å². The molecule has 0 unspecified atom stereocenters. The predicted octanol–water partition coefficient (Wildman–Crippen LogP) is 3.59. The molecule has 0 fully saturated rings. The van der Waals surface area contributed by atoms with Crippen molar-refractivity contribution in [2.75, 3.05) is 18.9 Å². The molecule has 6 heteroatoms. The number of likely N-dealkylation sites (N-methyl/N-ethyl adjacent to an activating group) is 1. The molecule has 29 heavy (non-hydrogen) atoms. The number of nitrogens with one attached hydrogen (secondary N) is 2. The van der Waals surface area contributed by atoms with Crippen molar-refractivity contribution in [2.24, 2.45) is 0 Å². The summed E-state index contributed by atoms with van der Waals surface area (Å²) in [7, 11) is 1.84. The zero-order chi connectivity index (χ0) is 20.6. The van der Waals surface area contributed by atoms with Gasteiger partial charge in [0.15, 0.2) is 0 Å². The molecule has 0 saturated heterocycles. The third-order valence-electron chi connectivity index (χ3n) is 4.38. The minimum atomic E-state index is -0.232. The highest BCUT2D eigenvalue weighted by atomic mass is 16.3. The van der Waals surface area contributed by atoms with Crippen LogP contribution in [0.25, 0.3) is 0 Å². The number of amides is 2. The number of carbonyl (C=O) groups excluding carboxylic acids is 2. The Labute approximate surface area is 170 Å². The van der Waals surface area contributed by atoms with Crippen LogP contribution in [0, 0.1) is 6.92 Å². The summed E-state index contributed by atoms with van der Waals surface area (Å²) in [4.78, 5) is 26.9. The van der Waals surface area contributed by atoms with E-state index < -0.39 is 0 Å². The first-order chi connectivity index (χ1) is 14.0. The third-order valence-corrected chi connectivity index (χ3v) is 4.38. The predicted molar refractivity (Wildman–Crippen MR) is 112 cm³/mol. The first kappa shape index (κ1) is 20.4. The Hall–Kier alpha value is -3.38. The minimum absolute atomic E-state index is 0.180. The number of furan rings is 1. The Kier molecular flexibility index (Phi) is 6.81. The average Bonchev–Trinajstić information content (AvgIpc) is 3.11. The van der Waals surface area contributed by atoms with Crippen LogP contribution in [-0.2, 0) is 17.9 Å². The molecule has 3 aromatic rings. The Balaban J connectivity index is 1.57. The number of anilines is 1. The summed E-state index contributed by atoms with van der Waals surface area (Å²) in [5.41, 5.74) is 1.93. The van der Waals surface area contributed by atoms with Gasteiger partial charge in [-0.2, -0.15) is 0 Å². The molecule has 0 saturated carbocycles. The van der Waals surface area contributed by atoms with Gasteiger partial charge in [-0.25, -0.2) is 0 Å². The molecule has 2 aromatic carbocycles. The van der Waals surface area contributed by atoms with E-state index in [-0.39, 0.29) is 18.4 Å². The van der Waals surface area contributed by atoms with Gasteiger partial charge in [0.1, 0.15) is 11.5 Å². The van der Waals surface area contributed by atoms with Crippen molar-refractivity contribution in [3.8, 4) is 0 Å². The number of para-hydroxylation sites is 1. The van der Waals surface area contributed by atoms with Crippen molar-refractivity contribution in [3.05, 3.63) is 89.4 Å². The Bertz CT molecular complexity index is 966. The van der Waals surface area contributed by atoms with Crippen LogP contribution in [0.15, 0.2) is 71.1 Å². The van der Waals surface area contributed by atoms with Crippen LogP contribution < -0.4 is 10.6 Å². The van der Waals surface area contributed by atoms with E-state index in [1.165, 1.54) is 0 Å². The molecule has 6 nitrogen and oxygen atoms in total. The number of nitrogens with zero attached hydrogens (tertiary/aromatic N) is 1. The molecule has 0 bridgehead atoms. The second kappa shape index (κ2) is 9.71. The fourth-order valence-corrected chi connectivity index (χ4v) is 2.99. The van der Waals surface area contributed by atoms with Crippen LogP contribution in [0.1, 0.15) is 27.4 Å². The highest BCUT2D eigenvalue weighted by Gasteiger charge is 2.14. The van der Waals surface area contributed by atoms with E-state index in [9.17, 15) is 9.59 Å². The lowest BCUT2D eigenvalue weighted by Crippen LogP contribution is -2.31. The van der Waals surface area contributed by atoms with Gasteiger partial charge in [0.05, 0.1) is 24.3 Å². The largest absolute Gasteiger partial charge is 0.465 e. The molecular weight excluding hydrogens is 366 g/mol. The summed E-state index contributed by atoms with van der Waals surface area (Å²) in [6, 6.07) is 20.5. The Morgan fingerprint density at radius 3 is 2.41 bits per heavy atom. The number of hydrogen-bond acceptors (Lipinski definition) is 4. The van der Waals surface area contributed by atoms with Crippen LogP contribution in [0.3, 0.4) is 0 Å². The van der Waals surface area contributed by atoms with Gasteiger partial charge in [0.25, 0.3) is 5.91 Å². The van der Waals surface area contributed by atoms with E-state index in [1.807, 2.05) is 61.3 Å². The monoisotopic (exact) mass is 391 g/mol. The van der Waals surface area contributed by atoms with Crippen molar-refractivity contribution >= 4 is 17.5 Å². The van der Waals surface area contributed by atoms with Crippen molar-refractivity contribution in [2.45, 2.75) is 20.0 Å². The highest BCUT2D eigenvalue weighted by Crippen LogP contribution is 2.16. The molecule has 0 atom stereocenters. The molecule has 0 aliphatic carbocycles. The smallest absolute Gasteiger partial charge is 0.253 e. The molecular formula is C23H25N3O3. The van der Waals surface area contributed by atoms with E-state index in [0.717, 1.165) is 17.1 Å². The maximum Gasteiger partial charge on any atom is 0.253 e. The fraction of sp³-hybridized carbons (Fsp3) is 0.217. The second-order valence-corrected chi connectivity index (χ2v) is 6.95. The normalized spacial score (nSPS) is 10.7. The molecule has 2 N–H and O–H groups in total. The van der Waals surface area contributed by atoms with Gasteiger partial charge in [-0.05, 0) is 43.8 Å². The molecule has 1 heterocycles. The quantitative estimate of drug-likeness (QED) is 0.615. The van der Waals surface area contributed by atoms with Crippen LogP contribution in [-0.4, -0.2) is 30.3 Å². The maximum atomic E-state index is 12.6. The van der Waals surface area contributed by atoms with Crippen molar-refractivity contribution < 1.29 is 14.0 Å². The molecule has 0 spiro atoms. The van der Waals surface area contributed by atoms with E-state index in [1.54, 1.807) is 24.3 Å². The summed E-state index contributed by atoms with van der Waals surface area (Å²) in [6.07, 6.45) is 0. The molecule has 0 aliphatic heterocycles. The number of carbonyl (C=O) groups is 2. The van der Waals surface area contributed by atoms with Gasteiger partial charge in [-0.1, -0.05) is 42.5 Å². The van der Waals surface area contributed by atoms with Gasteiger partial charge < -0.3 is 15.1 Å². The van der Waals surface area contributed by atoms with E-state index in [4.69, 9.17) is 4.42 Å². The molecule has 0 radical (unpaired) electrons. The number of rotatable bonds is 8. The second-order valence-electron chi connectivity index (χ2n) is 6.95. The van der Waals surface area contributed by atoms with Crippen molar-refractivity contribution in [1.82, 2.24) is 10.2 Å². The van der Waals surface area contributed by atoms with E-state index in [2.05, 4.69) is 10.6 Å². The third kappa shape index (κ3) is 6.05. The first-order valence-corrected chi connectivity index (χ1v) is 9.46. The van der Waals surface area contributed by atoms with Crippen LogP contribution >= 0.6 is 0 Å². The topological polar surface area (TPSA) is 74.6 Å². The van der Waals surface area contributed by atoms with Gasteiger partial charge in [0.2, 0.25) is 5.91 Å². The van der Waals surface area contributed by atoms with E-state index >= 15 is 0 Å². The molecule has 2 amide bonds. The molecule has 150 valence electrons. The number of aryl methyl sites for hydroxylation is 1. The van der Waals surface area contributed by atoms with Crippen LogP contribution in [0.2, 0.25) is 0 Å². The first-order valence-electron chi connectivity index (χ1n) is 9.46. The van der Waals surface area contributed by atoms with Gasteiger partial charge in [-0.3, -0.25) is 14.5 Å². The summed E-state index contributed by atoms with van der Waals surface area (Å²) in [5.74, 6) is 1.22. The fourth-order valence-electron chi connectivity index (χ4n) is 2.99. The zero-order valence-corrected chi connectivity index (χ0v) is 16.6. The zero-order valence-electron chi connectivity index (χ0n) is 16.6. The standard InChI is InChI=1S/C23H25N3O3/c1-17-12-13-19(29-17)15-26(2)16-22(27)25-21-11-7-6-10-20(21)23(28)24-14-18-8-4-3-5-9-18/h3-13H,14-16H2,1-2H3,(H,24,28)(H,25,27). The number of hydrogen-bond donors (Lipinski definition) is 2. The van der Waals surface area contributed by atoms with E-state index in [0.29, 0.717) is 24.3 Å². The molecule has 3 rings (SSSR count). The molecule has 1 aromatic heterocycles. The SMILES string of the molecule is Cc1ccc(CN(C)CC(=O)Nc2ccccc2C(=O)NCc2ccccc2)o1. The Morgan fingerprint density at radius 1 is 0.966 bits per heavy atom. The van der Waals surface area contributed by atoms with Gasteiger partial charge in [-0.15, -0.1) is 0 Å². The van der Waals surface area contributed by atoms with Gasteiger partial charge in [0, 0.05) is 6.54 Å². The highest BCUT2D eigenvalue weighted by molar-refractivity contribution is 6.04. The summed E-state index contributed by atoms with van der Waals surface area (Å²) in [5, 5.41) is 5.73. The lowest BCUT2D eigenvalue weighted by atomic mass is 10.1. The summed E-state index contributed by atoms with van der Waals surface area (Å²) >= 11 is 0. The minimum Gasteiger partial charge on any atom is -0.465 e. The van der Waals surface area contributed by atoms with Crippen LogP contribution in [0.4, 0.5) is 5.69 Å². The Morgan fingerprint density at radius 2 is 1.69 bits per heavy atom. The maximum absolute atomic E-state index is 12.6. The summed E-state index contributed by atoms with van der Waals surface area (Å²) in [6.45, 7) is 3.02. The van der Waals surface area contributed by atoms with Gasteiger partial charge >= 0.3 is 0 Å². The number of benzene rings is 2. The average molecular weight is 391 g/mol. The molecule has 0 aliphatic rings.